The van der Waals surface area contributed by atoms with Crippen LogP contribution in [0.5, 0.6) is 0 Å². The van der Waals surface area contributed by atoms with E-state index >= 15 is 0 Å². The molecular formula is C11H14INO2. The number of rotatable bonds is 5. The maximum Gasteiger partial charge on any atom is 0.338 e. The first kappa shape index (κ1) is 12.3. The first-order chi connectivity index (χ1) is 7.27. The second-order valence-corrected chi connectivity index (χ2v) is 3.70. The molecule has 82 valence electrons. The summed E-state index contributed by atoms with van der Waals surface area (Å²) in [4.78, 5) is 11.5. The molecule has 0 aliphatic heterocycles. The summed E-state index contributed by atoms with van der Waals surface area (Å²) in [6.07, 6.45) is 1.95. The SMILES string of the molecule is CCCCOC(=O)c1ccc(NI)cc1. The van der Waals surface area contributed by atoms with E-state index < -0.39 is 0 Å². The molecule has 0 saturated heterocycles. The molecule has 1 aromatic rings. The van der Waals surface area contributed by atoms with E-state index in [4.69, 9.17) is 4.74 Å². The van der Waals surface area contributed by atoms with Crippen molar-refractivity contribution in [3.8, 4) is 0 Å². The Hall–Kier alpha value is -0.780. The Balaban J connectivity index is 2.50. The van der Waals surface area contributed by atoms with Gasteiger partial charge in [-0.05, 0) is 30.7 Å². The van der Waals surface area contributed by atoms with Crippen molar-refractivity contribution >= 4 is 34.5 Å². The molecule has 0 aliphatic carbocycles. The lowest BCUT2D eigenvalue weighted by Gasteiger charge is -2.04. The van der Waals surface area contributed by atoms with Gasteiger partial charge in [0.15, 0.2) is 0 Å². The number of carbonyl (C=O) groups is 1. The van der Waals surface area contributed by atoms with Crippen molar-refractivity contribution in [1.82, 2.24) is 0 Å². The molecule has 0 bridgehead atoms. The molecule has 1 rings (SSSR count). The Morgan fingerprint density at radius 3 is 2.60 bits per heavy atom. The van der Waals surface area contributed by atoms with Gasteiger partial charge in [0.1, 0.15) is 0 Å². The second kappa shape index (κ2) is 6.66. The van der Waals surface area contributed by atoms with E-state index in [1.165, 1.54) is 0 Å². The average Bonchev–Trinajstić information content (AvgIpc) is 2.29. The van der Waals surface area contributed by atoms with Gasteiger partial charge in [0.25, 0.3) is 0 Å². The second-order valence-electron chi connectivity index (χ2n) is 3.16. The highest BCUT2D eigenvalue weighted by Gasteiger charge is 2.05. The predicted octanol–water partition coefficient (Wildman–Crippen LogP) is 3.41. The third-order valence-electron chi connectivity index (χ3n) is 1.96. The van der Waals surface area contributed by atoms with Gasteiger partial charge in [0, 0.05) is 5.69 Å². The summed E-state index contributed by atoms with van der Waals surface area (Å²) in [5.41, 5.74) is 1.57. The molecule has 0 radical (unpaired) electrons. The lowest BCUT2D eigenvalue weighted by atomic mass is 10.2. The van der Waals surface area contributed by atoms with Crippen molar-refractivity contribution in [2.75, 3.05) is 10.1 Å². The van der Waals surface area contributed by atoms with Crippen molar-refractivity contribution in [2.24, 2.45) is 0 Å². The summed E-state index contributed by atoms with van der Waals surface area (Å²) in [6, 6.07) is 7.22. The molecule has 0 heterocycles. The maximum atomic E-state index is 11.5. The molecule has 3 nitrogen and oxygen atoms in total. The van der Waals surface area contributed by atoms with Crippen LogP contribution in [0.1, 0.15) is 30.1 Å². The first-order valence-corrected chi connectivity index (χ1v) is 5.99. The van der Waals surface area contributed by atoms with E-state index in [2.05, 4.69) is 10.5 Å². The minimum absolute atomic E-state index is 0.247. The minimum atomic E-state index is -0.247. The van der Waals surface area contributed by atoms with Gasteiger partial charge in [0.05, 0.1) is 35.0 Å². The third kappa shape index (κ3) is 4.07. The smallest absolute Gasteiger partial charge is 0.338 e. The predicted molar refractivity (Wildman–Crippen MR) is 69.3 cm³/mol. The third-order valence-corrected chi connectivity index (χ3v) is 2.58. The van der Waals surface area contributed by atoms with Crippen LogP contribution in [0.3, 0.4) is 0 Å². The molecule has 4 heteroatoms. The van der Waals surface area contributed by atoms with Crippen LogP contribution in [0.4, 0.5) is 5.69 Å². The number of anilines is 1. The number of benzene rings is 1. The summed E-state index contributed by atoms with van der Waals surface area (Å²) in [5.74, 6) is -0.247. The largest absolute Gasteiger partial charge is 0.462 e. The van der Waals surface area contributed by atoms with Crippen molar-refractivity contribution in [2.45, 2.75) is 19.8 Å². The number of halogens is 1. The van der Waals surface area contributed by atoms with Crippen LogP contribution in [-0.2, 0) is 4.74 Å². The Labute approximate surface area is 104 Å². The maximum absolute atomic E-state index is 11.5. The Morgan fingerprint density at radius 1 is 1.40 bits per heavy atom. The molecule has 0 aliphatic rings. The zero-order chi connectivity index (χ0) is 11.1. The highest BCUT2D eigenvalue weighted by molar-refractivity contribution is 14.1. The molecule has 1 N–H and O–H groups in total. The summed E-state index contributed by atoms with van der Waals surface area (Å²) >= 11 is 2.04. The van der Waals surface area contributed by atoms with Gasteiger partial charge in [-0.2, -0.15) is 0 Å². The van der Waals surface area contributed by atoms with Gasteiger partial charge in [-0.3, -0.25) is 0 Å². The van der Waals surface area contributed by atoms with E-state index in [1.54, 1.807) is 12.1 Å². The standard InChI is InChI=1S/C11H14INO2/c1-2-3-8-15-11(14)9-4-6-10(13-12)7-5-9/h4-7,13H,2-3,8H2,1H3. The number of carbonyl (C=O) groups excluding carboxylic acids is 1. The van der Waals surface area contributed by atoms with E-state index in [0.29, 0.717) is 12.2 Å². The van der Waals surface area contributed by atoms with Gasteiger partial charge < -0.3 is 8.27 Å². The molecule has 0 atom stereocenters. The van der Waals surface area contributed by atoms with E-state index in [1.807, 2.05) is 35.0 Å². The summed E-state index contributed by atoms with van der Waals surface area (Å²) in [7, 11) is 0. The topological polar surface area (TPSA) is 38.3 Å². The van der Waals surface area contributed by atoms with Crippen LogP contribution in [0.15, 0.2) is 24.3 Å². The Bertz CT molecular complexity index is 311. The normalized spacial score (nSPS) is 9.73. The molecular weight excluding hydrogens is 305 g/mol. The fraction of sp³-hybridized carbons (Fsp3) is 0.364. The number of unbranched alkanes of at least 4 members (excludes halogenated alkanes) is 1. The minimum Gasteiger partial charge on any atom is -0.462 e. The van der Waals surface area contributed by atoms with Crippen molar-refractivity contribution in [3.63, 3.8) is 0 Å². The van der Waals surface area contributed by atoms with Crippen LogP contribution in [0, 0.1) is 0 Å². The number of hydrogen-bond donors (Lipinski definition) is 1. The number of ether oxygens (including phenoxy) is 1. The van der Waals surface area contributed by atoms with Crippen molar-refractivity contribution < 1.29 is 9.53 Å². The highest BCUT2D eigenvalue weighted by atomic mass is 127. The Morgan fingerprint density at radius 2 is 2.07 bits per heavy atom. The number of nitrogens with one attached hydrogen (secondary N) is 1. The van der Waals surface area contributed by atoms with Gasteiger partial charge >= 0.3 is 5.97 Å². The first-order valence-electron chi connectivity index (χ1n) is 4.91. The number of esters is 1. The molecule has 1 aromatic carbocycles. The van der Waals surface area contributed by atoms with E-state index in [9.17, 15) is 4.79 Å². The fourth-order valence-electron chi connectivity index (χ4n) is 1.06. The van der Waals surface area contributed by atoms with E-state index in [0.717, 1.165) is 18.5 Å². The van der Waals surface area contributed by atoms with Gasteiger partial charge in [-0.15, -0.1) is 0 Å². The lowest BCUT2D eigenvalue weighted by Crippen LogP contribution is -2.06. The molecule has 0 spiro atoms. The molecule has 0 saturated carbocycles. The van der Waals surface area contributed by atoms with Gasteiger partial charge in [-0.25, -0.2) is 4.79 Å². The summed E-state index contributed by atoms with van der Waals surface area (Å²) in [6.45, 7) is 2.57. The van der Waals surface area contributed by atoms with Crippen LogP contribution in [0.2, 0.25) is 0 Å². The molecule has 0 aromatic heterocycles. The lowest BCUT2D eigenvalue weighted by molar-refractivity contribution is 0.0500. The number of hydrogen-bond acceptors (Lipinski definition) is 3. The highest BCUT2D eigenvalue weighted by Crippen LogP contribution is 2.11. The van der Waals surface area contributed by atoms with Crippen molar-refractivity contribution in [1.29, 1.82) is 0 Å². The van der Waals surface area contributed by atoms with Gasteiger partial charge in [-0.1, -0.05) is 13.3 Å². The zero-order valence-corrected chi connectivity index (χ0v) is 10.8. The zero-order valence-electron chi connectivity index (χ0n) is 8.63. The summed E-state index contributed by atoms with van der Waals surface area (Å²) in [5, 5.41) is 0. The average molecular weight is 319 g/mol. The molecule has 0 fully saturated rings. The molecule has 15 heavy (non-hydrogen) atoms. The summed E-state index contributed by atoms with van der Waals surface area (Å²) < 4.78 is 8.04. The van der Waals surface area contributed by atoms with Crippen molar-refractivity contribution in [3.05, 3.63) is 29.8 Å². The fourth-order valence-corrected chi connectivity index (χ4v) is 1.42. The molecule has 0 amide bonds. The van der Waals surface area contributed by atoms with E-state index in [-0.39, 0.29) is 5.97 Å². The molecule has 0 unspecified atom stereocenters. The van der Waals surface area contributed by atoms with Crippen LogP contribution >= 0.6 is 22.9 Å². The van der Waals surface area contributed by atoms with Crippen LogP contribution in [-0.4, -0.2) is 12.6 Å². The van der Waals surface area contributed by atoms with Gasteiger partial charge in [0.2, 0.25) is 0 Å². The van der Waals surface area contributed by atoms with Crippen LogP contribution in [0.25, 0.3) is 0 Å². The monoisotopic (exact) mass is 319 g/mol. The Kier molecular flexibility index (Phi) is 5.45. The quantitative estimate of drug-likeness (QED) is 0.391. The van der Waals surface area contributed by atoms with Crippen LogP contribution < -0.4 is 3.53 Å².